The van der Waals surface area contributed by atoms with Gasteiger partial charge in [0.15, 0.2) is 5.75 Å². The van der Waals surface area contributed by atoms with Gasteiger partial charge in [0.05, 0.1) is 32.7 Å². The van der Waals surface area contributed by atoms with Crippen LogP contribution < -0.4 is 14.8 Å². The second-order valence-corrected chi connectivity index (χ2v) is 12.2. The number of hydrogen-bond donors (Lipinski definition) is 1. The van der Waals surface area contributed by atoms with Gasteiger partial charge in [-0.25, -0.2) is 0 Å². The second kappa shape index (κ2) is 15.7. The zero-order valence-electron chi connectivity index (χ0n) is 24.3. The Morgan fingerprint density at radius 1 is 0.909 bits per heavy atom. The highest BCUT2D eigenvalue weighted by Crippen LogP contribution is 2.37. The summed E-state index contributed by atoms with van der Waals surface area (Å²) in [6, 6.07) is 18.3. The largest absolute Gasteiger partial charge is 0.490 e. The molecular weight excluding hydrogens is 646 g/mol. The molecule has 1 saturated carbocycles. The van der Waals surface area contributed by atoms with Crippen molar-refractivity contribution in [3.05, 3.63) is 97.5 Å². The van der Waals surface area contributed by atoms with E-state index < -0.39 is 0 Å². The molecule has 0 bridgehead atoms. The van der Waals surface area contributed by atoms with Crippen LogP contribution in [0.1, 0.15) is 30.4 Å². The van der Waals surface area contributed by atoms with Crippen LogP contribution in [-0.2, 0) is 20.8 Å². The van der Waals surface area contributed by atoms with Gasteiger partial charge in [-0.3, -0.25) is 4.79 Å². The lowest BCUT2D eigenvalue weighted by molar-refractivity contribution is -0.129. The Balaban J connectivity index is 1.35. The fourth-order valence-corrected chi connectivity index (χ4v) is 6.11. The SMILES string of the molecule is COCOCC1NCCC(c2ccc(OCCOc3c(Cl)cccc3Cl)cc2)=C1C(=O)N(Cc1cccc(Cl)c1Cl)C1CC1. The Morgan fingerprint density at radius 2 is 1.59 bits per heavy atom. The number of para-hydroxylation sites is 1. The number of nitrogens with one attached hydrogen (secondary N) is 1. The summed E-state index contributed by atoms with van der Waals surface area (Å²) < 4.78 is 22.5. The van der Waals surface area contributed by atoms with Crippen molar-refractivity contribution >= 4 is 57.9 Å². The van der Waals surface area contributed by atoms with Crippen molar-refractivity contribution in [3.8, 4) is 11.5 Å². The Morgan fingerprint density at radius 3 is 2.30 bits per heavy atom. The van der Waals surface area contributed by atoms with Gasteiger partial charge in [-0.05, 0) is 72.8 Å². The molecule has 1 unspecified atom stereocenters. The number of rotatable bonds is 14. The lowest BCUT2D eigenvalue weighted by Gasteiger charge is -2.33. The van der Waals surface area contributed by atoms with Crippen molar-refractivity contribution in [1.29, 1.82) is 0 Å². The zero-order chi connectivity index (χ0) is 31.1. The first kappa shape index (κ1) is 32.9. The minimum Gasteiger partial charge on any atom is -0.490 e. The van der Waals surface area contributed by atoms with Gasteiger partial charge in [0.2, 0.25) is 0 Å². The third-order valence-corrected chi connectivity index (χ3v) is 8.95. The number of methoxy groups -OCH3 is 1. The molecule has 1 heterocycles. The molecule has 1 aliphatic carbocycles. The van der Waals surface area contributed by atoms with Crippen molar-refractivity contribution in [2.75, 3.05) is 40.3 Å². The zero-order valence-corrected chi connectivity index (χ0v) is 27.3. The Bertz CT molecular complexity index is 1460. The fourth-order valence-electron chi connectivity index (χ4n) is 5.23. The number of ether oxygens (including phenoxy) is 4. The van der Waals surface area contributed by atoms with Gasteiger partial charge >= 0.3 is 0 Å². The molecule has 3 aromatic rings. The number of amides is 1. The Kier molecular flexibility index (Phi) is 11.7. The van der Waals surface area contributed by atoms with E-state index in [1.165, 1.54) is 0 Å². The number of hydrogen-bond acceptors (Lipinski definition) is 6. The topological polar surface area (TPSA) is 69.3 Å². The summed E-state index contributed by atoms with van der Waals surface area (Å²) in [6.07, 6.45) is 2.58. The maximum atomic E-state index is 14.4. The van der Waals surface area contributed by atoms with Gasteiger partial charge < -0.3 is 29.2 Å². The summed E-state index contributed by atoms with van der Waals surface area (Å²) in [6.45, 7) is 2.09. The van der Waals surface area contributed by atoms with Crippen LogP contribution in [0.25, 0.3) is 5.57 Å². The van der Waals surface area contributed by atoms with Crippen LogP contribution in [0.4, 0.5) is 0 Å². The van der Waals surface area contributed by atoms with Crippen LogP contribution in [0.5, 0.6) is 11.5 Å². The molecule has 0 spiro atoms. The van der Waals surface area contributed by atoms with Crippen molar-refractivity contribution in [1.82, 2.24) is 10.2 Å². The molecule has 0 radical (unpaired) electrons. The monoisotopic (exact) mass is 678 g/mol. The van der Waals surface area contributed by atoms with Crippen LogP contribution in [0.3, 0.4) is 0 Å². The van der Waals surface area contributed by atoms with E-state index in [0.29, 0.717) is 69.9 Å². The molecule has 1 amide bonds. The standard InChI is InChI=1S/C33H34Cl4N2O5/c1-41-20-42-19-29-30(33(40)39(23-10-11-23)18-22-4-2-5-26(34)31(22)37)25(14-15-38-29)21-8-12-24(13-9-21)43-16-17-44-32-27(35)6-3-7-28(32)36/h2-9,12-13,23,29,38H,10-11,14-20H2,1H3. The van der Waals surface area contributed by atoms with E-state index in [-0.39, 0.29) is 31.4 Å². The molecule has 2 aliphatic rings. The molecule has 1 fully saturated rings. The Hall–Kier alpha value is -2.49. The van der Waals surface area contributed by atoms with Gasteiger partial charge in [0.1, 0.15) is 25.8 Å². The third-order valence-electron chi connectivity index (χ3n) is 7.50. The van der Waals surface area contributed by atoms with E-state index in [9.17, 15) is 4.79 Å². The number of benzene rings is 3. The van der Waals surface area contributed by atoms with Crippen molar-refractivity contribution < 1.29 is 23.7 Å². The summed E-state index contributed by atoms with van der Waals surface area (Å²) in [4.78, 5) is 16.3. The molecule has 0 aromatic heterocycles. The summed E-state index contributed by atoms with van der Waals surface area (Å²) in [5, 5.41) is 5.32. The molecule has 11 heteroatoms. The molecule has 1 atom stereocenters. The van der Waals surface area contributed by atoms with E-state index >= 15 is 0 Å². The van der Waals surface area contributed by atoms with Crippen LogP contribution in [0.15, 0.2) is 66.2 Å². The van der Waals surface area contributed by atoms with E-state index in [4.69, 9.17) is 65.4 Å². The maximum absolute atomic E-state index is 14.4. The predicted octanol–water partition coefficient (Wildman–Crippen LogP) is 7.69. The summed E-state index contributed by atoms with van der Waals surface area (Å²) in [5.74, 6) is 1.08. The van der Waals surface area contributed by atoms with Crippen molar-refractivity contribution in [3.63, 3.8) is 0 Å². The second-order valence-electron chi connectivity index (χ2n) is 10.6. The first-order valence-corrected chi connectivity index (χ1v) is 16.0. The van der Waals surface area contributed by atoms with E-state index in [0.717, 1.165) is 29.5 Å². The number of carbonyl (C=O) groups is 1. The van der Waals surface area contributed by atoms with Gasteiger partial charge in [-0.1, -0.05) is 76.7 Å². The lowest BCUT2D eigenvalue weighted by atomic mass is 9.88. The van der Waals surface area contributed by atoms with Crippen LogP contribution in [0.2, 0.25) is 20.1 Å². The summed E-state index contributed by atoms with van der Waals surface area (Å²) >= 11 is 25.2. The fraction of sp³-hybridized carbons (Fsp3) is 0.364. The first-order valence-electron chi connectivity index (χ1n) is 14.4. The third kappa shape index (κ3) is 8.20. The van der Waals surface area contributed by atoms with Gasteiger partial charge in [0, 0.05) is 25.3 Å². The average Bonchev–Trinajstić information content (AvgIpc) is 3.87. The summed E-state index contributed by atoms with van der Waals surface area (Å²) in [5.41, 5.74) is 3.44. The average molecular weight is 680 g/mol. The maximum Gasteiger partial charge on any atom is 0.252 e. The van der Waals surface area contributed by atoms with Gasteiger partial charge in [-0.2, -0.15) is 0 Å². The molecule has 44 heavy (non-hydrogen) atoms. The molecule has 0 saturated heterocycles. The smallest absolute Gasteiger partial charge is 0.252 e. The summed E-state index contributed by atoms with van der Waals surface area (Å²) in [7, 11) is 1.58. The molecule has 3 aromatic carbocycles. The highest BCUT2D eigenvalue weighted by Gasteiger charge is 2.38. The highest BCUT2D eigenvalue weighted by atomic mass is 35.5. The molecule has 234 valence electrons. The molecule has 7 nitrogen and oxygen atoms in total. The van der Waals surface area contributed by atoms with E-state index in [1.54, 1.807) is 31.4 Å². The first-order chi connectivity index (χ1) is 21.4. The van der Waals surface area contributed by atoms with E-state index in [2.05, 4.69) is 5.32 Å². The minimum absolute atomic E-state index is 0.0348. The normalized spacial score (nSPS) is 16.6. The number of halogens is 4. The lowest BCUT2D eigenvalue weighted by Crippen LogP contribution is -2.47. The Labute approximate surface area is 277 Å². The molecule has 1 N–H and O–H groups in total. The van der Waals surface area contributed by atoms with Crippen molar-refractivity contribution in [2.45, 2.75) is 37.9 Å². The van der Waals surface area contributed by atoms with Crippen LogP contribution in [0, 0.1) is 0 Å². The van der Waals surface area contributed by atoms with Gasteiger partial charge in [-0.15, -0.1) is 0 Å². The van der Waals surface area contributed by atoms with Crippen LogP contribution >= 0.6 is 46.4 Å². The number of nitrogens with zero attached hydrogens (tertiary/aromatic N) is 1. The molecule has 1 aliphatic heterocycles. The number of carbonyl (C=O) groups excluding carboxylic acids is 1. The van der Waals surface area contributed by atoms with Crippen LogP contribution in [-0.4, -0.2) is 63.2 Å². The quantitative estimate of drug-likeness (QED) is 0.139. The molecular formula is C33H34Cl4N2O5. The van der Waals surface area contributed by atoms with Crippen molar-refractivity contribution in [2.24, 2.45) is 0 Å². The predicted molar refractivity (Wildman–Crippen MR) is 175 cm³/mol. The minimum atomic E-state index is -0.304. The van der Waals surface area contributed by atoms with E-state index in [1.807, 2.05) is 41.3 Å². The highest BCUT2D eigenvalue weighted by molar-refractivity contribution is 6.42. The van der Waals surface area contributed by atoms with Gasteiger partial charge in [0.25, 0.3) is 5.91 Å². The molecule has 5 rings (SSSR count).